The van der Waals surface area contributed by atoms with Crippen LogP contribution in [-0.2, 0) is 13.0 Å². The van der Waals surface area contributed by atoms with Gasteiger partial charge in [-0.3, -0.25) is 0 Å². The molecule has 2 N–H and O–H groups in total. The van der Waals surface area contributed by atoms with Gasteiger partial charge < -0.3 is 10.5 Å². The lowest BCUT2D eigenvalue weighted by Gasteiger charge is -2.22. The summed E-state index contributed by atoms with van der Waals surface area (Å²) >= 11 is 0. The van der Waals surface area contributed by atoms with Gasteiger partial charge in [-0.1, -0.05) is 35.9 Å². The van der Waals surface area contributed by atoms with Crippen molar-refractivity contribution in [3.8, 4) is 5.75 Å². The fourth-order valence-electron chi connectivity index (χ4n) is 2.75. The first kappa shape index (κ1) is 13.2. The van der Waals surface area contributed by atoms with Crippen molar-refractivity contribution >= 4 is 0 Å². The van der Waals surface area contributed by atoms with Crippen molar-refractivity contribution in [2.24, 2.45) is 5.73 Å². The number of aryl methyl sites for hydroxylation is 2. The van der Waals surface area contributed by atoms with Crippen molar-refractivity contribution in [2.45, 2.75) is 38.8 Å². The third-order valence-electron chi connectivity index (χ3n) is 4.00. The molecule has 0 heterocycles. The molecule has 20 heavy (non-hydrogen) atoms. The lowest BCUT2D eigenvalue weighted by atomic mass is 9.88. The number of fused-ring (bicyclic) bond motifs is 1. The number of hydrogen-bond donors (Lipinski definition) is 1. The largest absolute Gasteiger partial charge is 0.489 e. The van der Waals surface area contributed by atoms with Gasteiger partial charge in [0.25, 0.3) is 0 Å². The van der Waals surface area contributed by atoms with Crippen molar-refractivity contribution in [3.63, 3.8) is 0 Å². The van der Waals surface area contributed by atoms with E-state index in [0.29, 0.717) is 6.61 Å². The molecule has 0 amide bonds. The van der Waals surface area contributed by atoms with Gasteiger partial charge in [-0.05, 0) is 55.0 Å². The summed E-state index contributed by atoms with van der Waals surface area (Å²) in [6.07, 6.45) is 3.41. The number of nitrogens with two attached hydrogens (primary N) is 1. The van der Waals surface area contributed by atoms with E-state index in [-0.39, 0.29) is 6.04 Å². The van der Waals surface area contributed by atoms with Crippen LogP contribution in [0.25, 0.3) is 0 Å². The van der Waals surface area contributed by atoms with E-state index in [1.54, 1.807) is 0 Å². The highest BCUT2D eigenvalue weighted by Crippen LogP contribution is 2.31. The standard InChI is InChI=1S/C18H21NO/c1-13-5-7-14(8-6-13)12-20-16-10-9-15-3-2-4-18(19)17(15)11-16/h5-11,18H,2-4,12,19H2,1H3. The van der Waals surface area contributed by atoms with Gasteiger partial charge in [0, 0.05) is 6.04 Å². The number of benzene rings is 2. The molecule has 3 rings (SSSR count). The fraction of sp³-hybridized carbons (Fsp3) is 0.333. The molecule has 0 fully saturated rings. The van der Waals surface area contributed by atoms with Gasteiger partial charge in [-0.2, -0.15) is 0 Å². The van der Waals surface area contributed by atoms with Crippen LogP contribution in [0.1, 0.15) is 41.1 Å². The highest BCUT2D eigenvalue weighted by Gasteiger charge is 2.17. The SMILES string of the molecule is Cc1ccc(COc2ccc3c(c2)C(N)CCC3)cc1. The first-order chi connectivity index (χ1) is 9.72. The Morgan fingerprint density at radius 1 is 1.15 bits per heavy atom. The first-order valence-electron chi connectivity index (χ1n) is 7.29. The van der Waals surface area contributed by atoms with E-state index in [0.717, 1.165) is 18.6 Å². The van der Waals surface area contributed by atoms with Crippen LogP contribution < -0.4 is 10.5 Å². The predicted molar refractivity (Wildman–Crippen MR) is 81.8 cm³/mol. The third kappa shape index (κ3) is 2.86. The van der Waals surface area contributed by atoms with Gasteiger partial charge >= 0.3 is 0 Å². The number of hydrogen-bond acceptors (Lipinski definition) is 2. The van der Waals surface area contributed by atoms with E-state index >= 15 is 0 Å². The summed E-state index contributed by atoms with van der Waals surface area (Å²) in [6.45, 7) is 2.70. The molecule has 0 radical (unpaired) electrons. The summed E-state index contributed by atoms with van der Waals surface area (Å²) in [7, 11) is 0. The van der Waals surface area contributed by atoms with E-state index < -0.39 is 0 Å². The Morgan fingerprint density at radius 3 is 2.75 bits per heavy atom. The van der Waals surface area contributed by atoms with Gasteiger partial charge in [0.1, 0.15) is 12.4 Å². The molecule has 0 aromatic heterocycles. The van der Waals surface area contributed by atoms with E-state index in [9.17, 15) is 0 Å². The molecule has 0 aliphatic heterocycles. The first-order valence-corrected chi connectivity index (χ1v) is 7.29. The van der Waals surface area contributed by atoms with E-state index in [1.807, 2.05) is 0 Å². The lowest BCUT2D eigenvalue weighted by Crippen LogP contribution is -2.17. The quantitative estimate of drug-likeness (QED) is 0.915. The molecule has 2 aromatic rings. The van der Waals surface area contributed by atoms with Gasteiger partial charge in [-0.15, -0.1) is 0 Å². The minimum atomic E-state index is 0.168. The van der Waals surface area contributed by atoms with Crippen LogP contribution in [-0.4, -0.2) is 0 Å². The van der Waals surface area contributed by atoms with Gasteiger partial charge in [-0.25, -0.2) is 0 Å². The maximum Gasteiger partial charge on any atom is 0.120 e. The molecule has 0 saturated carbocycles. The molecule has 1 aliphatic carbocycles. The van der Waals surface area contributed by atoms with Crippen molar-refractivity contribution in [1.82, 2.24) is 0 Å². The Morgan fingerprint density at radius 2 is 1.95 bits per heavy atom. The Bertz CT molecular complexity index is 589. The Kier molecular flexibility index (Phi) is 3.75. The molecule has 1 atom stereocenters. The Hall–Kier alpha value is -1.80. The molecular formula is C18H21NO. The Labute approximate surface area is 120 Å². The van der Waals surface area contributed by atoms with Crippen LogP contribution in [0.2, 0.25) is 0 Å². The number of ether oxygens (including phenoxy) is 1. The van der Waals surface area contributed by atoms with Crippen molar-refractivity contribution in [2.75, 3.05) is 0 Å². The summed E-state index contributed by atoms with van der Waals surface area (Å²) in [5.74, 6) is 0.918. The Balaban J connectivity index is 1.72. The molecule has 2 nitrogen and oxygen atoms in total. The van der Waals surface area contributed by atoms with Crippen LogP contribution in [0.4, 0.5) is 0 Å². The molecule has 2 heteroatoms. The topological polar surface area (TPSA) is 35.2 Å². The van der Waals surface area contributed by atoms with E-state index in [2.05, 4.69) is 49.4 Å². The van der Waals surface area contributed by atoms with Gasteiger partial charge in [0.05, 0.1) is 0 Å². The van der Waals surface area contributed by atoms with Crippen LogP contribution >= 0.6 is 0 Å². The monoisotopic (exact) mass is 267 g/mol. The summed E-state index contributed by atoms with van der Waals surface area (Å²) in [5.41, 5.74) is 11.3. The zero-order valence-electron chi connectivity index (χ0n) is 11.9. The molecular weight excluding hydrogens is 246 g/mol. The molecule has 2 aromatic carbocycles. The van der Waals surface area contributed by atoms with E-state index in [4.69, 9.17) is 10.5 Å². The molecule has 0 spiro atoms. The second kappa shape index (κ2) is 5.68. The second-order valence-electron chi connectivity index (χ2n) is 5.63. The van der Waals surface area contributed by atoms with Crippen molar-refractivity contribution in [3.05, 3.63) is 64.7 Å². The molecule has 0 saturated heterocycles. The smallest absolute Gasteiger partial charge is 0.120 e. The highest BCUT2D eigenvalue weighted by atomic mass is 16.5. The number of rotatable bonds is 3. The zero-order chi connectivity index (χ0) is 13.9. The van der Waals surface area contributed by atoms with Crippen LogP contribution in [0, 0.1) is 6.92 Å². The summed E-state index contributed by atoms with van der Waals surface area (Å²) < 4.78 is 5.89. The minimum absolute atomic E-state index is 0.168. The lowest BCUT2D eigenvalue weighted by molar-refractivity contribution is 0.305. The summed E-state index contributed by atoms with van der Waals surface area (Å²) in [4.78, 5) is 0. The van der Waals surface area contributed by atoms with E-state index in [1.165, 1.54) is 28.7 Å². The van der Waals surface area contributed by atoms with Crippen LogP contribution in [0.15, 0.2) is 42.5 Å². The van der Waals surface area contributed by atoms with Gasteiger partial charge in [0.2, 0.25) is 0 Å². The maximum atomic E-state index is 6.18. The van der Waals surface area contributed by atoms with Gasteiger partial charge in [0.15, 0.2) is 0 Å². The normalized spacial score (nSPS) is 17.6. The molecule has 1 unspecified atom stereocenters. The zero-order valence-corrected chi connectivity index (χ0v) is 11.9. The maximum absolute atomic E-state index is 6.18. The predicted octanol–water partition coefficient (Wildman–Crippen LogP) is 3.91. The van der Waals surface area contributed by atoms with Crippen LogP contribution in [0.3, 0.4) is 0 Å². The molecule has 0 bridgehead atoms. The van der Waals surface area contributed by atoms with Crippen molar-refractivity contribution < 1.29 is 4.74 Å². The second-order valence-corrected chi connectivity index (χ2v) is 5.63. The van der Waals surface area contributed by atoms with Crippen LogP contribution in [0.5, 0.6) is 5.75 Å². The minimum Gasteiger partial charge on any atom is -0.489 e. The average Bonchev–Trinajstić information content (AvgIpc) is 2.47. The summed E-state index contributed by atoms with van der Waals surface area (Å²) in [6, 6.07) is 15.0. The molecule has 104 valence electrons. The van der Waals surface area contributed by atoms with Crippen molar-refractivity contribution in [1.29, 1.82) is 0 Å². The third-order valence-corrected chi connectivity index (χ3v) is 4.00. The summed E-state index contributed by atoms with van der Waals surface area (Å²) in [5, 5.41) is 0. The fourth-order valence-corrected chi connectivity index (χ4v) is 2.75. The molecule has 1 aliphatic rings. The highest BCUT2D eigenvalue weighted by molar-refractivity contribution is 5.39. The average molecular weight is 267 g/mol.